The molecule has 1 heterocycles. The van der Waals surface area contributed by atoms with Crippen LogP contribution in [-0.2, 0) is 0 Å². The van der Waals surface area contributed by atoms with Gasteiger partial charge in [0.05, 0.1) is 12.8 Å². The molecular formula is C12H9BrClNO2S. The van der Waals surface area contributed by atoms with Gasteiger partial charge < -0.3 is 10.1 Å². The number of rotatable bonds is 3. The second kappa shape index (κ2) is 5.73. The molecule has 1 aromatic carbocycles. The van der Waals surface area contributed by atoms with Gasteiger partial charge in [0.1, 0.15) is 10.6 Å². The zero-order valence-corrected chi connectivity index (χ0v) is 12.5. The first-order valence-corrected chi connectivity index (χ1v) is 7.04. The molecular weight excluding hydrogens is 338 g/mol. The summed E-state index contributed by atoms with van der Waals surface area (Å²) < 4.78 is 5.94. The highest BCUT2D eigenvalue weighted by atomic mass is 79.9. The number of benzene rings is 1. The first kappa shape index (κ1) is 13.4. The normalized spacial score (nSPS) is 10.2. The van der Waals surface area contributed by atoms with E-state index in [4.69, 9.17) is 16.3 Å². The van der Waals surface area contributed by atoms with Crippen LogP contribution in [0.4, 0.5) is 5.69 Å². The van der Waals surface area contributed by atoms with Crippen molar-refractivity contribution in [1.29, 1.82) is 0 Å². The predicted octanol–water partition coefficient (Wildman–Crippen LogP) is 4.42. The smallest absolute Gasteiger partial charge is 0.266 e. The van der Waals surface area contributed by atoms with Crippen LogP contribution >= 0.6 is 38.9 Å². The molecule has 2 aromatic rings. The second-order valence-electron chi connectivity index (χ2n) is 3.40. The number of thiophene rings is 1. The van der Waals surface area contributed by atoms with Gasteiger partial charge in [0.25, 0.3) is 5.91 Å². The molecule has 0 radical (unpaired) electrons. The van der Waals surface area contributed by atoms with Gasteiger partial charge in [-0.1, -0.05) is 11.6 Å². The minimum atomic E-state index is -0.197. The molecule has 0 saturated carbocycles. The maximum atomic E-state index is 12.0. The van der Waals surface area contributed by atoms with E-state index in [2.05, 4.69) is 21.2 Å². The van der Waals surface area contributed by atoms with Crippen LogP contribution in [0.25, 0.3) is 0 Å². The number of anilines is 1. The van der Waals surface area contributed by atoms with Crippen LogP contribution in [0.5, 0.6) is 5.75 Å². The van der Waals surface area contributed by atoms with Gasteiger partial charge in [0.15, 0.2) is 0 Å². The molecule has 0 aliphatic heterocycles. The third-order valence-electron chi connectivity index (χ3n) is 2.23. The minimum Gasteiger partial charge on any atom is -0.495 e. The van der Waals surface area contributed by atoms with E-state index in [0.29, 0.717) is 21.3 Å². The standard InChI is InChI=1S/C12H9BrClNO2S/c1-17-10-3-2-7(14)6-9(10)15-12(16)11-8(13)4-5-18-11/h2-6H,1H3,(H,15,16). The van der Waals surface area contributed by atoms with Crippen molar-refractivity contribution in [1.82, 2.24) is 0 Å². The van der Waals surface area contributed by atoms with Crippen molar-refractivity contribution in [3.8, 4) is 5.75 Å². The number of hydrogen-bond donors (Lipinski definition) is 1. The van der Waals surface area contributed by atoms with Crippen LogP contribution < -0.4 is 10.1 Å². The van der Waals surface area contributed by atoms with E-state index in [1.54, 1.807) is 25.3 Å². The predicted molar refractivity (Wildman–Crippen MR) is 78.0 cm³/mol. The number of carbonyl (C=O) groups excluding carboxylic acids is 1. The minimum absolute atomic E-state index is 0.197. The van der Waals surface area contributed by atoms with E-state index in [0.717, 1.165) is 4.47 Å². The van der Waals surface area contributed by atoms with E-state index >= 15 is 0 Å². The topological polar surface area (TPSA) is 38.3 Å². The first-order chi connectivity index (χ1) is 8.61. The largest absolute Gasteiger partial charge is 0.495 e. The fourth-order valence-corrected chi connectivity index (χ4v) is 3.03. The van der Waals surface area contributed by atoms with Crippen LogP contribution in [-0.4, -0.2) is 13.0 Å². The fraction of sp³-hybridized carbons (Fsp3) is 0.0833. The number of hydrogen-bond acceptors (Lipinski definition) is 3. The van der Waals surface area contributed by atoms with Gasteiger partial charge in [0, 0.05) is 9.50 Å². The number of halogens is 2. The summed E-state index contributed by atoms with van der Waals surface area (Å²) in [6, 6.07) is 6.90. The summed E-state index contributed by atoms with van der Waals surface area (Å²) in [5.41, 5.74) is 0.551. The molecule has 0 spiro atoms. The van der Waals surface area contributed by atoms with Gasteiger partial charge in [-0.3, -0.25) is 4.79 Å². The van der Waals surface area contributed by atoms with Crippen molar-refractivity contribution in [3.05, 3.63) is 44.0 Å². The summed E-state index contributed by atoms with van der Waals surface area (Å²) in [6.07, 6.45) is 0. The summed E-state index contributed by atoms with van der Waals surface area (Å²) in [5, 5.41) is 5.16. The Hall–Kier alpha value is -1.04. The molecule has 2 rings (SSSR count). The highest BCUT2D eigenvalue weighted by Crippen LogP contribution is 2.30. The molecule has 0 unspecified atom stereocenters. The molecule has 1 aromatic heterocycles. The van der Waals surface area contributed by atoms with Gasteiger partial charge in [-0.15, -0.1) is 11.3 Å². The molecule has 0 bridgehead atoms. The van der Waals surface area contributed by atoms with Crippen molar-refractivity contribution in [2.24, 2.45) is 0 Å². The molecule has 0 atom stereocenters. The zero-order valence-electron chi connectivity index (χ0n) is 9.37. The third kappa shape index (κ3) is 2.85. The highest BCUT2D eigenvalue weighted by Gasteiger charge is 2.14. The van der Waals surface area contributed by atoms with Crippen LogP contribution in [0, 0.1) is 0 Å². The highest BCUT2D eigenvalue weighted by molar-refractivity contribution is 9.10. The van der Waals surface area contributed by atoms with E-state index < -0.39 is 0 Å². The Morgan fingerprint density at radius 2 is 2.22 bits per heavy atom. The molecule has 0 aliphatic carbocycles. The number of amides is 1. The lowest BCUT2D eigenvalue weighted by molar-refractivity contribution is 0.102. The van der Waals surface area contributed by atoms with E-state index in [1.807, 2.05) is 11.4 Å². The third-order valence-corrected chi connectivity index (χ3v) is 4.30. The molecule has 0 fully saturated rings. The quantitative estimate of drug-likeness (QED) is 0.893. The lowest BCUT2D eigenvalue weighted by Crippen LogP contribution is -2.11. The number of methoxy groups -OCH3 is 1. The maximum absolute atomic E-state index is 12.0. The SMILES string of the molecule is COc1ccc(Cl)cc1NC(=O)c1sccc1Br. The lowest BCUT2D eigenvalue weighted by atomic mass is 10.3. The van der Waals surface area contributed by atoms with Gasteiger partial charge in [0.2, 0.25) is 0 Å². The number of ether oxygens (including phenoxy) is 1. The molecule has 18 heavy (non-hydrogen) atoms. The Kier molecular flexibility index (Phi) is 4.27. The zero-order chi connectivity index (χ0) is 13.1. The second-order valence-corrected chi connectivity index (χ2v) is 5.60. The summed E-state index contributed by atoms with van der Waals surface area (Å²) in [5.74, 6) is 0.373. The number of carbonyl (C=O) groups is 1. The van der Waals surface area contributed by atoms with Crippen molar-refractivity contribution < 1.29 is 9.53 Å². The van der Waals surface area contributed by atoms with Crippen LogP contribution in [0.2, 0.25) is 5.02 Å². The van der Waals surface area contributed by atoms with Crippen molar-refractivity contribution in [2.75, 3.05) is 12.4 Å². The molecule has 1 N–H and O–H groups in total. The molecule has 0 aliphatic rings. The fourth-order valence-electron chi connectivity index (χ4n) is 1.41. The van der Waals surface area contributed by atoms with Crippen LogP contribution in [0.1, 0.15) is 9.67 Å². The Balaban J connectivity index is 2.27. The van der Waals surface area contributed by atoms with E-state index in [1.165, 1.54) is 11.3 Å². The molecule has 0 saturated heterocycles. The Bertz CT molecular complexity index is 585. The van der Waals surface area contributed by atoms with Gasteiger partial charge in [-0.2, -0.15) is 0 Å². The monoisotopic (exact) mass is 345 g/mol. The number of nitrogens with one attached hydrogen (secondary N) is 1. The van der Waals surface area contributed by atoms with E-state index in [9.17, 15) is 4.79 Å². The summed E-state index contributed by atoms with van der Waals surface area (Å²) in [4.78, 5) is 12.7. The van der Waals surface area contributed by atoms with Gasteiger partial charge >= 0.3 is 0 Å². The maximum Gasteiger partial charge on any atom is 0.266 e. The Labute approximate surface area is 122 Å². The average molecular weight is 347 g/mol. The summed E-state index contributed by atoms with van der Waals surface area (Å²) in [7, 11) is 1.54. The molecule has 1 amide bonds. The average Bonchev–Trinajstić information content (AvgIpc) is 2.76. The summed E-state index contributed by atoms with van der Waals surface area (Å²) >= 11 is 10.6. The van der Waals surface area contributed by atoms with Gasteiger partial charge in [-0.25, -0.2) is 0 Å². The Morgan fingerprint density at radius 1 is 1.44 bits per heavy atom. The van der Waals surface area contributed by atoms with Crippen LogP contribution in [0.15, 0.2) is 34.1 Å². The Morgan fingerprint density at radius 3 is 2.83 bits per heavy atom. The van der Waals surface area contributed by atoms with Crippen LogP contribution in [0.3, 0.4) is 0 Å². The van der Waals surface area contributed by atoms with Crippen molar-refractivity contribution in [3.63, 3.8) is 0 Å². The van der Waals surface area contributed by atoms with Gasteiger partial charge in [-0.05, 0) is 45.6 Å². The van der Waals surface area contributed by atoms with Crippen molar-refractivity contribution >= 4 is 50.5 Å². The molecule has 3 nitrogen and oxygen atoms in total. The molecule has 6 heteroatoms. The van der Waals surface area contributed by atoms with Crippen molar-refractivity contribution in [2.45, 2.75) is 0 Å². The first-order valence-electron chi connectivity index (χ1n) is 4.99. The van der Waals surface area contributed by atoms with E-state index in [-0.39, 0.29) is 5.91 Å². The molecule has 94 valence electrons. The summed E-state index contributed by atoms with van der Waals surface area (Å²) in [6.45, 7) is 0. The lowest BCUT2D eigenvalue weighted by Gasteiger charge is -2.10.